The van der Waals surface area contributed by atoms with E-state index in [-0.39, 0.29) is 5.71 Å². The van der Waals surface area contributed by atoms with Crippen LogP contribution in [0.2, 0.25) is 0 Å². The van der Waals surface area contributed by atoms with Crippen molar-refractivity contribution in [1.82, 2.24) is 5.43 Å². The molecule has 0 spiro atoms. The Morgan fingerprint density at radius 1 is 0.885 bits per heavy atom. The Hall–Kier alpha value is -3.97. The van der Waals surface area contributed by atoms with Crippen molar-refractivity contribution in [3.05, 3.63) is 71.8 Å². The largest absolute Gasteiger partial charge is 0.350 e. The molecule has 0 saturated carbocycles. The second-order valence-electron chi connectivity index (χ2n) is 5.28. The molecule has 2 amide bonds. The number of rotatable bonds is 6. The third-order valence-electron chi connectivity index (χ3n) is 3.60. The number of amides is 2. The first-order chi connectivity index (χ1) is 12.6. The third kappa shape index (κ3) is 4.31. The number of carbonyl (C=O) groups is 2. The number of hydrazone groups is 1. The summed E-state index contributed by atoms with van der Waals surface area (Å²) < 4.78 is 0. The van der Waals surface area contributed by atoms with Crippen molar-refractivity contribution < 1.29 is 9.59 Å². The van der Waals surface area contributed by atoms with Crippen LogP contribution in [0.3, 0.4) is 0 Å². The van der Waals surface area contributed by atoms with Gasteiger partial charge in [-0.3, -0.25) is 4.79 Å². The number of nitrogens with zero attached hydrogens (tertiary/aromatic N) is 3. The summed E-state index contributed by atoms with van der Waals surface area (Å²) in [6, 6.07) is 19.9. The number of hydrogen-bond acceptors (Lipinski definition) is 5. The molecule has 2 rings (SSSR count). The summed E-state index contributed by atoms with van der Waals surface area (Å²) in [5.41, 5.74) is 7.74. The van der Waals surface area contributed by atoms with Crippen LogP contribution >= 0.6 is 0 Å². The lowest BCUT2D eigenvalue weighted by atomic mass is 9.86. The highest BCUT2D eigenvalue weighted by Crippen LogP contribution is 2.23. The van der Waals surface area contributed by atoms with Crippen LogP contribution in [0.1, 0.15) is 23.0 Å². The molecular weight excluding hydrogens is 330 g/mol. The summed E-state index contributed by atoms with van der Waals surface area (Å²) >= 11 is 0. The van der Waals surface area contributed by atoms with E-state index in [4.69, 9.17) is 5.73 Å². The number of ketones is 1. The molecule has 0 heterocycles. The molecule has 2 aromatic carbocycles. The Kier molecular flexibility index (Phi) is 6.19. The molecule has 0 bridgehead atoms. The molecule has 128 valence electrons. The number of hydrogen-bond donors (Lipinski definition) is 2. The Bertz CT molecular complexity index is 895. The van der Waals surface area contributed by atoms with Crippen molar-refractivity contribution in [3.63, 3.8) is 0 Å². The van der Waals surface area contributed by atoms with Gasteiger partial charge in [0.05, 0.1) is 12.1 Å². The molecule has 0 aliphatic rings. The number of Topliss-reactive ketones (excluding diaryl/α,β-unsaturated/α-hetero) is 1. The highest BCUT2D eigenvalue weighted by molar-refractivity contribution is 6.44. The Labute approximate surface area is 150 Å². The summed E-state index contributed by atoms with van der Waals surface area (Å²) in [6.45, 7) is 0. The van der Waals surface area contributed by atoms with Gasteiger partial charge in [-0.1, -0.05) is 60.7 Å². The number of carbonyl (C=O) groups excluding carboxylic acids is 2. The lowest BCUT2D eigenvalue weighted by Crippen LogP contribution is -2.32. The molecule has 26 heavy (non-hydrogen) atoms. The van der Waals surface area contributed by atoms with Crippen LogP contribution in [0.25, 0.3) is 0 Å². The van der Waals surface area contributed by atoms with Crippen LogP contribution < -0.4 is 11.2 Å². The zero-order valence-electron chi connectivity index (χ0n) is 13.7. The monoisotopic (exact) mass is 345 g/mol. The number of benzene rings is 2. The first-order valence-corrected chi connectivity index (χ1v) is 7.64. The Morgan fingerprint density at radius 3 is 1.77 bits per heavy atom. The average molecular weight is 345 g/mol. The lowest BCUT2D eigenvalue weighted by molar-refractivity contribution is -0.113. The standard InChI is InChI=1S/C19H15N5O2/c20-11-15(13-7-3-1-4-8-13)17(23-24-19(22)26)18(25)16(12-21)14-9-5-2-6-10-14/h1-10,15-16H,(H3,22,24,26)/b23-17-/t15-,16+/m1/s1. The molecule has 2 aromatic rings. The number of primary amides is 1. The van der Waals surface area contributed by atoms with E-state index >= 15 is 0 Å². The van der Waals surface area contributed by atoms with Crippen LogP contribution in [0.5, 0.6) is 0 Å². The molecule has 3 N–H and O–H groups in total. The SMILES string of the molecule is N#C[C@H](C(=O)/C(=N\NC(N)=O)[C@H](C#N)c1ccccc1)c1ccccc1. The number of nitrogens with one attached hydrogen (secondary N) is 1. The predicted octanol–water partition coefficient (Wildman–Crippen LogP) is 2.19. The average Bonchev–Trinajstić information content (AvgIpc) is 2.67. The molecule has 2 atom stereocenters. The molecule has 7 heteroatoms. The van der Waals surface area contributed by atoms with Crippen LogP contribution in [0.15, 0.2) is 65.8 Å². The van der Waals surface area contributed by atoms with Gasteiger partial charge in [-0.05, 0) is 11.1 Å². The molecular formula is C19H15N5O2. The minimum atomic E-state index is -1.16. The first kappa shape index (κ1) is 18.4. The van der Waals surface area contributed by atoms with E-state index in [2.05, 4.69) is 5.10 Å². The van der Waals surface area contributed by atoms with Crippen LogP contribution in [-0.2, 0) is 4.79 Å². The molecule has 0 aliphatic heterocycles. The maximum atomic E-state index is 13.0. The van der Waals surface area contributed by atoms with E-state index in [9.17, 15) is 20.1 Å². The van der Waals surface area contributed by atoms with Crippen molar-refractivity contribution in [1.29, 1.82) is 10.5 Å². The minimum absolute atomic E-state index is 0.257. The molecule has 0 saturated heterocycles. The van der Waals surface area contributed by atoms with Crippen molar-refractivity contribution in [2.75, 3.05) is 0 Å². The normalized spacial score (nSPS) is 12.9. The van der Waals surface area contributed by atoms with Gasteiger partial charge in [-0.2, -0.15) is 15.6 Å². The van der Waals surface area contributed by atoms with Gasteiger partial charge >= 0.3 is 6.03 Å². The van der Waals surface area contributed by atoms with Gasteiger partial charge in [0.15, 0.2) is 0 Å². The van der Waals surface area contributed by atoms with Gasteiger partial charge < -0.3 is 5.73 Å². The maximum Gasteiger partial charge on any atom is 0.332 e. The number of nitriles is 2. The van der Waals surface area contributed by atoms with E-state index in [1.807, 2.05) is 17.6 Å². The number of nitrogens with two attached hydrogens (primary N) is 1. The van der Waals surface area contributed by atoms with Crippen LogP contribution in [0, 0.1) is 22.7 Å². The molecule has 7 nitrogen and oxygen atoms in total. The van der Waals surface area contributed by atoms with Gasteiger partial charge in [0, 0.05) is 0 Å². The molecule has 0 unspecified atom stereocenters. The summed E-state index contributed by atoms with van der Waals surface area (Å²) in [7, 11) is 0. The second-order valence-corrected chi connectivity index (χ2v) is 5.28. The number of urea groups is 1. The van der Waals surface area contributed by atoms with Crippen molar-refractivity contribution in [2.45, 2.75) is 11.8 Å². The minimum Gasteiger partial charge on any atom is -0.350 e. The van der Waals surface area contributed by atoms with Crippen molar-refractivity contribution in [2.24, 2.45) is 10.8 Å². The summed E-state index contributed by atoms with van der Waals surface area (Å²) in [5, 5.41) is 22.8. The zero-order valence-corrected chi connectivity index (χ0v) is 13.7. The van der Waals surface area contributed by atoms with E-state index in [0.717, 1.165) is 0 Å². The highest BCUT2D eigenvalue weighted by Gasteiger charge is 2.31. The fraction of sp³-hybridized carbons (Fsp3) is 0.105. The molecule has 0 aliphatic carbocycles. The molecule has 0 aromatic heterocycles. The van der Waals surface area contributed by atoms with Gasteiger partial charge in [0.1, 0.15) is 17.5 Å². The van der Waals surface area contributed by atoms with E-state index < -0.39 is 23.7 Å². The smallest absolute Gasteiger partial charge is 0.332 e. The summed E-state index contributed by atoms with van der Waals surface area (Å²) in [6.07, 6.45) is 0. The van der Waals surface area contributed by atoms with Crippen LogP contribution in [0.4, 0.5) is 4.79 Å². The maximum absolute atomic E-state index is 13.0. The third-order valence-corrected chi connectivity index (χ3v) is 3.60. The Morgan fingerprint density at radius 2 is 1.35 bits per heavy atom. The van der Waals surface area contributed by atoms with Gasteiger partial charge in [-0.15, -0.1) is 0 Å². The summed E-state index contributed by atoms with van der Waals surface area (Å²) in [5.74, 6) is -2.90. The van der Waals surface area contributed by atoms with Gasteiger partial charge in [0.2, 0.25) is 5.78 Å². The summed E-state index contributed by atoms with van der Waals surface area (Å²) in [4.78, 5) is 24.0. The predicted molar refractivity (Wildman–Crippen MR) is 94.8 cm³/mol. The van der Waals surface area contributed by atoms with Crippen molar-refractivity contribution in [3.8, 4) is 12.1 Å². The van der Waals surface area contributed by atoms with Gasteiger partial charge in [-0.25, -0.2) is 10.2 Å². The van der Waals surface area contributed by atoms with Crippen molar-refractivity contribution >= 4 is 17.5 Å². The fourth-order valence-corrected chi connectivity index (χ4v) is 2.39. The van der Waals surface area contributed by atoms with E-state index in [1.165, 1.54) is 0 Å². The molecule has 0 fully saturated rings. The molecule has 0 radical (unpaired) electrons. The second kappa shape index (κ2) is 8.76. The zero-order chi connectivity index (χ0) is 18.9. The first-order valence-electron chi connectivity index (χ1n) is 7.64. The van der Waals surface area contributed by atoms with Crippen LogP contribution in [-0.4, -0.2) is 17.5 Å². The van der Waals surface area contributed by atoms with E-state index in [1.54, 1.807) is 60.7 Å². The lowest BCUT2D eigenvalue weighted by Gasteiger charge is -2.15. The van der Waals surface area contributed by atoms with E-state index in [0.29, 0.717) is 11.1 Å². The topological polar surface area (TPSA) is 132 Å². The Balaban J connectivity index is 2.49. The van der Waals surface area contributed by atoms with Gasteiger partial charge in [0.25, 0.3) is 0 Å². The highest BCUT2D eigenvalue weighted by atomic mass is 16.2. The fourth-order valence-electron chi connectivity index (χ4n) is 2.39. The quantitative estimate of drug-likeness (QED) is 0.613.